The number of hydrogen-bond acceptors (Lipinski definition) is 18. The van der Waals surface area contributed by atoms with Crippen LogP contribution >= 0.6 is 0 Å². The number of carbonyl (C=O) groups is 8. The maximum atomic E-state index is 12.2. The third kappa shape index (κ3) is 25.2. The topological polar surface area (TPSA) is 294 Å². The number of ether oxygens (including phenoxy) is 2. The fourth-order valence-electron chi connectivity index (χ4n) is 5.35. The molecule has 3 atom stereocenters. The lowest BCUT2D eigenvalue weighted by Gasteiger charge is -2.18. The number of amides is 5. The molecule has 21 nitrogen and oxygen atoms in total. The Bertz CT molecular complexity index is 1230. The van der Waals surface area contributed by atoms with E-state index in [4.69, 9.17) is 39.6 Å². The second-order valence-corrected chi connectivity index (χ2v) is 13.5. The second kappa shape index (κ2) is 34.7. The van der Waals surface area contributed by atoms with E-state index in [0.29, 0.717) is 68.0 Å². The lowest BCUT2D eigenvalue weighted by molar-refractivity contribution is -0.201. The number of unbranched alkanes of at least 4 members (excludes halogenated alkanes) is 1. The summed E-state index contributed by atoms with van der Waals surface area (Å²) in [6, 6.07) is 0. The van der Waals surface area contributed by atoms with Crippen molar-refractivity contribution in [3.63, 3.8) is 0 Å². The molecule has 2 aliphatic heterocycles. The molecule has 2 fully saturated rings. The van der Waals surface area contributed by atoms with Gasteiger partial charge in [-0.15, -0.1) is 10.1 Å². The van der Waals surface area contributed by atoms with Gasteiger partial charge in [0.05, 0.1) is 20.3 Å². The molecule has 2 saturated heterocycles. The van der Waals surface area contributed by atoms with Gasteiger partial charge in [0.2, 0.25) is 0 Å². The van der Waals surface area contributed by atoms with Gasteiger partial charge in [-0.3, -0.25) is 24.0 Å². The van der Waals surface area contributed by atoms with Gasteiger partial charge in [-0.25, -0.2) is 19.9 Å². The van der Waals surface area contributed by atoms with Gasteiger partial charge in [0.1, 0.15) is 12.5 Å². The smallest absolute Gasteiger partial charge is 0.407 e. The first kappa shape index (κ1) is 54.9. The molecular formula is C38H66N4O17. The zero-order chi connectivity index (χ0) is 44.4. The summed E-state index contributed by atoms with van der Waals surface area (Å²) in [6.07, 6.45) is 5.16. The van der Waals surface area contributed by atoms with Crippen LogP contribution in [0.25, 0.3) is 0 Å². The molecular weight excluding hydrogens is 784 g/mol. The zero-order valence-electron chi connectivity index (χ0n) is 34.7. The van der Waals surface area contributed by atoms with E-state index in [-0.39, 0.29) is 96.6 Å². The molecule has 2 aliphatic rings. The summed E-state index contributed by atoms with van der Waals surface area (Å²) < 4.78 is 10.4. The Morgan fingerprint density at radius 1 is 0.678 bits per heavy atom. The van der Waals surface area contributed by atoms with Crippen molar-refractivity contribution in [1.29, 1.82) is 0 Å². The molecule has 0 bridgehead atoms. The number of carbonyl (C=O) groups excluding carboxylic acids is 8. The number of hydroxylamine groups is 5. The van der Waals surface area contributed by atoms with Gasteiger partial charge < -0.3 is 49.7 Å². The van der Waals surface area contributed by atoms with Crippen molar-refractivity contribution in [1.82, 2.24) is 20.9 Å². The van der Waals surface area contributed by atoms with E-state index in [0.717, 1.165) is 13.0 Å². The lowest BCUT2D eigenvalue weighted by Crippen LogP contribution is -2.37. The van der Waals surface area contributed by atoms with Gasteiger partial charge in [-0.1, -0.05) is 13.8 Å². The highest BCUT2D eigenvalue weighted by Gasteiger charge is 2.36. The second-order valence-electron chi connectivity index (χ2n) is 13.5. The van der Waals surface area contributed by atoms with Crippen LogP contribution in [0.4, 0.5) is 4.79 Å². The molecule has 3 unspecified atom stereocenters. The third-order valence-corrected chi connectivity index (χ3v) is 8.70. The first-order chi connectivity index (χ1) is 28.3. The predicted octanol–water partition coefficient (Wildman–Crippen LogP) is 0.785. The highest BCUT2D eigenvalue weighted by atomic mass is 16.7. The number of nitrogens with one attached hydrogen (secondary N) is 2. The summed E-state index contributed by atoms with van der Waals surface area (Å²) in [4.78, 5) is 107. The Morgan fingerprint density at radius 2 is 1.20 bits per heavy atom. The fraction of sp³-hybridized carbons (Fsp3) is 0.789. The lowest BCUT2D eigenvalue weighted by atomic mass is 10.0. The molecule has 2 rings (SSSR count). The number of aliphatic hydroxyl groups is 4. The molecule has 0 saturated carbocycles. The van der Waals surface area contributed by atoms with Crippen LogP contribution in [0, 0.1) is 17.8 Å². The molecule has 0 aromatic heterocycles. The van der Waals surface area contributed by atoms with Crippen LogP contribution in [0.1, 0.15) is 110 Å². The van der Waals surface area contributed by atoms with Crippen molar-refractivity contribution >= 4 is 47.4 Å². The molecule has 2 heterocycles. The van der Waals surface area contributed by atoms with Crippen LogP contribution in [0.5, 0.6) is 0 Å². The number of ketones is 1. The van der Waals surface area contributed by atoms with Crippen LogP contribution in [-0.2, 0) is 57.5 Å². The molecule has 59 heavy (non-hydrogen) atoms. The van der Waals surface area contributed by atoms with Crippen molar-refractivity contribution in [2.75, 3.05) is 66.4 Å². The molecule has 0 spiro atoms. The molecule has 21 heteroatoms. The minimum Gasteiger partial charge on any atom is -0.449 e. The van der Waals surface area contributed by atoms with Crippen molar-refractivity contribution < 1.29 is 82.8 Å². The van der Waals surface area contributed by atoms with Crippen LogP contribution in [0.15, 0.2) is 0 Å². The Kier molecular flexibility index (Phi) is 32.3. The Hall–Kier alpha value is -4.12. The number of nitrogens with zero attached hydrogens (tertiary/aromatic N) is 2. The summed E-state index contributed by atoms with van der Waals surface area (Å²) in [7, 11) is 1.62. The van der Waals surface area contributed by atoms with Gasteiger partial charge in [0.15, 0.2) is 5.78 Å². The van der Waals surface area contributed by atoms with Gasteiger partial charge in [0, 0.05) is 71.6 Å². The number of imide groups is 2. The summed E-state index contributed by atoms with van der Waals surface area (Å²) in [5, 5.41) is 39.1. The van der Waals surface area contributed by atoms with E-state index < -0.39 is 53.4 Å². The first-order valence-corrected chi connectivity index (χ1v) is 20.2. The van der Waals surface area contributed by atoms with Gasteiger partial charge in [0.25, 0.3) is 23.6 Å². The minimum absolute atomic E-state index is 0.00122. The molecule has 0 aromatic rings. The van der Waals surface area contributed by atoms with Gasteiger partial charge in [-0.05, 0) is 76.0 Å². The molecule has 6 N–H and O–H groups in total. The Morgan fingerprint density at radius 3 is 1.66 bits per heavy atom. The monoisotopic (exact) mass is 850 g/mol. The van der Waals surface area contributed by atoms with Gasteiger partial charge >= 0.3 is 18.0 Å². The highest BCUT2D eigenvalue weighted by molar-refractivity contribution is 6.04. The van der Waals surface area contributed by atoms with E-state index in [1.54, 1.807) is 14.0 Å². The van der Waals surface area contributed by atoms with Crippen molar-refractivity contribution in [2.45, 2.75) is 110 Å². The third-order valence-electron chi connectivity index (χ3n) is 8.70. The van der Waals surface area contributed by atoms with E-state index >= 15 is 0 Å². The first-order valence-electron chi connectivity index (χ1n) is 20.2. The Balaban J connectivity index is 0.00000100. The van der Waals surface area contributed by atoms with Crippen molar-refractivity contribution in [3.05, 3.63) is 0 Å². The van der Waals surface area contributed by atoms with Crippen LogP contribution < -0.4 is 10.8 Å². The number of rotatable bonds is 29. The number of hydrogen-bond donors (Lipinski definition) is 6. The van der Waals surface area contributed by atoms with E-state index in [1.807, 2.05) is 0 Å². The largest absolute Gasteiger partial charge is 0.449 e. The van der Waals surface area contributed by atoms with E-state index in [2.05, 4.69) is 22.6 Å². The predicted molar refractivity (Wildman–Crippen MR) is 205 cm³/mol. The standard InChI is InChI=1S/C17H28N2O8.C17H27NO8.C4H11NO/c20-10-3-4-13(8-11-21)12-26-17(25)18-9-2-1-5-16(24)27-19-14(22)6-7-15(19)23;1-2-13(17(24)26-18-15(22)5-6-16(18)23)14(21)11-25-10-12(7-9-20)4-3-8-19;1-3-4-5-6-2/h13,20-21H,1-12H2,(H,18,25);12-13,19-20H,2-11H2,1H3;5H,3-4H2,1-2H3. The Labute approximate surface area is 345 Å². The maximum absolute atomic E-state index is 12.2. The molecule has 5 amide bonds. The van der Waals surface area contributed by atoms with Crippen LogP contribution in [-0.4, -0.2) is 144 Å². The van der Waals surface area contributed by atoms with Crippen LogP contribution in [0.3, 0.4) is 0 Å². The zero-order valence-corrected chi connectivity index (χ0v) is 34.7. The van der Waals surface area contributed by atoms with E-state index in [1.165, 1.54) is 0 Å². The maximum Gasteiger partial charge on any atom is 0.407 e. The molecule has 340 valence electrons. The normalized spacial score (nSPS) is 15.1. The van der Waals surface area contributed by atoms with Crippen molar-refractivity contribution in [3.8, 4) is 0 Å². The molecule has 0 radical (unpaired) electrons. The fourth-order valence-corrected chi connectivity index (χ4v) is 5.35. The average molecular weight is 851 g/mol. The number of aliphatic hydroxyl groups excluding tert-OH is 4. The minimum atomic E-state index is -1.12. The summed E-state index contributed by atoms with van der Waals surface area (Å²) in [6.45, 7) is 5.09. The van der Waals surface area contributed by atoms with Crippen LogP contribution in [0.2, 0.25) is 0 Å². The highest BCUT2D eigenvalue weighted by Crippen LogP contribution is 2.17. The van der Waals surface area contributed by atoms with Gasteiger partial charge in [-0.2, -0.15) is 0 Å². The van der Waals surface area contributed by atoms with Crippen molar-refractivity contribution in [2.24, 2.45) is 17.8 Å². The summed E-state index contributed by atoms with van der Waals surface area (Å²) in [5.74, 6) is -5.46. The average Bonchev–Trinajstić information content (AvgIpc) is 3.71. The number of Topliss-reactive ketones (excluding diaryl/α,β-unsaturated/α-hetero) is 1. The van der Waals surface area contributed by atoms with E-state index in [9.17, 15) is 38.4 Å². The summed E-state index contributed by atoms with van der Waals surface area (Å²) >= 11 is 0. The number of alkyl carbamates (subject to hydrolysis) is 1. The summed E-state index contributed by atoms with van der Waals surface area (Å²) in [5.41, 5.74) is 2.70. The molecule has 0 aliphatic carbocycles. The molecule has 0 aromatic carbocycles. The quantitative estimate of drug-likeness (QED) is 0.0262. The SMILES string of the molecule is CCC(C(=O)COCC(CCO)CCCO)C(=O)ON1C(=O)CCC1=O.CCCNOC.O=C(CCCCNC(=O)OCC(CCO)CCCO)ON1C(=O)CCC1=O.